The van der Waals surface area contributed by atoms with Crippen molar-refractivity contribution in [2.24, 2.45) is 0 Å². The predicted molar refractivity (Wildman–Crippen MR) is 137 cm³/mol. The van der Waals surface area contributed by atoms with Gasteiger partial charge in [0.2, 0.25) is 5.95 Å². The molecule has 1 N–H and O–H groups in total. The van der Waals surface area contributed by atoms with Gasteiger partial charge in [-0.15, -0.1) is 0 Å². The van der Waals surface area contributed by atoms with Gasteiger partial charge in [0.15, 0.2) is 17.0 Å². The number of imidazole rings is 1. The Bertz CT molecular complexity index is 1100. The SMILES string of the molecule is c1cncc(CNc2nc(N3CCC(N4CCOCC4)CC3)nc3c2ncn3C2CCCCC2)c1. The number of rotatable bonds is 6. The van der Waals surface area contributed by atoms with Gasteiger partial charge in [-0.3, -0.25) is 9.88 Å². The number of nitrogens with one attached hydrogen (secondary N) is 1. The molecular formula is C26H36N8O. The van der Waals surface area contributed by atoms with Crippen LogP contribution < -0.4 is 10.2 Å². The fourth-order valence-electron chi connectivity index (χ4n) is 5.86. The lowest BCUT2D eigenvalue weighted by Crippen LogP contribution is -2.49. The molecule has 9 heteroatoms. The van der Waals surface area contributed by atoms with Crippen molar-refractivity contribution in [1.29, 1.82) is 0 Å². The number of nitrogens with zero attached hydrogens (tertiary/aromatic N) is 7. The third-order valence-electron chi connectivity index (χ3n) is 7.87. The van der Waals surface area contributed by atoms with Crippen molar-refractivity contribution in [3.8, 4) is 0 Å². The van der Waals surface area contributed by atoms with Gasteiger partial charge in [0.1, 0.15) is 0 Å². The maximum atomic E-state index is 5.55. The number of morpholine rings is 1. The van der Waals surface area contributed by atoms with Crippen LogP contribution in [-0.2, 0) is 11.3 Å². The minimum atomic E-state index is 0.481. The Balaban J connectivity index is 1.26. The van der Waals surface area contributed by atoms with E-state index in [0.29, 0.717) is 18.6 Å². The highest BCUT2D eigenvalue weighted by Gasteiger charge is 2.28. The molecule has 0 aromatic carbocycles. The minimum absolute atomic E-state index is 0.481. The summed E-state index contributed by atoms with van der Waals surface area (Å²) in [6, 6.07) is 5.16. The van der Waals surface area contributed by atoms with Crippen LogP contribution in [0.25, 0.3) is 11.2 Å². The standard InChI is InChI=1S/C26H36N8O/c1-2-6-22(7-3-1)34-19-29-23-24(28-18-20-5-4-10-27-17-20)30-26(31-25(23)34)33-11-8-21(9-12-33)32-13-15-35-16-14-32/h4-5,10,17,19,21-22H,1-3,6-9,11-16,18H2,(H,28,30,31). The third kappa shape index (κ3) is 4.97. The van der Waals surface area contributed by atoms with Crippen LogP contribution in [0.4, 0.5) is 11.8 Å². The molecule has 186 valence electrons. The Morgan fingerprint density at radius 2 is 1.77 bits per heavy atom. The number of fused-ring (bicyclic) bond motifs is 1. The molecule has 2 saturated heterocycles. The van der Waals surface area contributed by atoms with E-state index in [4.69, 9.17) is 19.7 Å². The monoisotopic (exact) mass is 476 g/mol. The highest BCUT2D eigenvalue weighted by molar-refractivity contribution is 5.84. The molecule has 9 nitrogen and oxygen atoms in total. The Morgan fingerprint density at radius 3 is 2.54 bits per heavy atom. The second-order valence-electron chi connectivity index (χ2n) is 10.1. The molecule has 0 radical (unpaired) electrons. The van der Waals surface area contributed by atoms with E-state index in [1.807, 2.05) is 18.6 Å². The zero-order valence-electron chi connectivity index (χ0n) is 20.5. The van der Waals surface area contributed by atoms with E-state index >= 15 is 0 Å². The van der Waals surface area contributed by atoms with Crippen LogP contribution in [0, 0.1) is 0 Å². The van der Waals surface area contributed by atoms with Crippen LogP contribution >= 0.6 is 0 Å². The molecule has 3 aromatic heterocycles. The molecule has 0 unspecified atom stereocenters. The van der Waals surface area contributed by atoms with E-state index in [0.717, 1.165) is 80.7 Å². The van der Waals surface area contributed by atoms with Gasteiger partial charge in [-0.2, -0.15) is 9.97 Å². The average Bonchev–Trinajstić information content (AvgIpc) is 3.38. The normalized spacial score (nSPS) is 21.0. The molecule has 6 rings (SSSR count). The van der Waals surface area contributed by atoms with Gasteiger partial charge in [-0.1, -0.05) is 25.3 Å². The zero-order valence-corrected chi connectivity index (χ0v) is 20.5. The molecule has 3 aromatic rings. The van der Waals surface area contributed by atoms with Gasteiger partial charge in [0.25, 0.3) is 0 Å². The lowest BCUT2D eigenvalue weighted by molar-refractivity contribution is 0.0114. The molecule has 35 heavy (non-hydrogen) atoms. The number of aromatic nitrogens is 5. The molecule has 5 heterocycles. The molecule has 0 spiro atoms. The van der Waals surface area contributed by atoms with Crippen LogP contribution in [0.1, 0.15) is 56.6 Å². The molecule has 2 aliphatic heterocycles. The first-order chi connectivity index (χ1) is 17.3. The van der Waals surface area contributed by atoms with Crippen LogP contribution in [0.2, 0.25) is 0 Å². The molecule has 0 atom stereocenters. The van der Waals surface area contributed by atoms with Crippen molar-refractivity contribution in [2.75, 3.05) is 49.6 Å². The van der Waals surface area contributed by atoms with Crippen LogP contribution in [0.5, 0.6) is 0 Å². The first-order valence-corrected chi connectivity index (χ1v) is 13.3. The summed E-state index contributed by atoms with van der Waals surface area (Å²) in [5, 5.41) is 3.54. The van der Waals surface area contributed by atoms with Crippen LogP contribution in [-0.4, -0.2) is 74.8 Å². The quantitative estimate of drug-likeness (QED) is 0.577. The molecule has 3 aliphatic rings. The van der Waals surface area contributed by atoms with Crippen LogP contribution in [0.15, 0.2) is 30.9 Å². The maximum Gasteiger partial charge on any atom is 0.229 e. The fraction of sp³-hybridized carbons (Fsp3) is 0.615. The number of hydrogen-bond donors (Lipinski definition) is 1. The zero-order chi connectivity index (χ0) is 23.5. The number of piperidine rings is 1. The van der Waals surface area contributed by atoms with Gasteiger partial charge in [-0.05, 0) is 37.3 Å². The summed E-state index contributed by atoms with van der Waals surface area (Å²) < 4.78 is 7.87. The molecule has 1 saturated carbocycles. The third-order valence-corrected chi connectivity index (χ3v) is 7.87. The van der Waals surface area contributed by atoms with E-state index < -0.39 is 0 Å². The van der Waals surface area contributed by atoms with E-state index in [-0.39, 0.29) is 0 Å². The fourth-order valence-corrected chi connectivity index (χ4v) is 5.86. The van der Waals surface area contributed by atoms with Crippen molar-refractivity contribution in [1.82, 2.24) is 29.4 Å². The first kappa shape index (κ1) is 22.7. The summed E-state index contributed by atoms with van der Waals surface area (Å²) in [4.78, 5) is 24.1. The summed E-state index contributed by atoms with van der Waals surface area (Å²) in [5.74, 6) is 1.64. The van der Waals surface area contributed by atoms with E-state index in [1.165, 1.54) is 32.1 Å². The molecule has 1 aliphatic carbocycles. The van der Waals surface area contributed by atoms with Crippen molar-refractivity contribution in [2.45, 2.75) is 63.6 Å². The molecule has 0 bridgehead atoms. The largest absolute Gasteiger partial charge is 0.379 e. The van der Waals surface area contributed by atoms with E-state index in [2.05, 4.69) is 30.7 Å². The minimum Gasteiger partial charge on any atom is -0.379 e. The topological polar surface area (TPSA) is 84.2 Å². The number of pyridine rings is 1. The lowest BCUT2D eigenvalue weighted by atomic mass is 9.95. The first-order valence-electron chi connectivity index (χ1n) is 13.3. The summed E-state index contributed by atoms with van der Waals surface area (Å²) in [6.07, 6.45) is 14.3. The highest BCUT2D eigenvalue weighted by Crippen LogP contribution is 2.33. The van der Waals surface area contributed by atoms with Crippen molar-refractivity contribution < 1.29 is 4.74 Å². The molecular weight excluding hydrogens is 440 g/mol. The lowest BCUT2D eigenvalue weighted by Gasteiger charge is -2.40. The van der Waals surface area contributed by atoms with Crippen molar-refractivity contribution in [3.05, 3.63) is 36.4 Å². The van der Waals surface area contributed by atoms with Gasteiger partial charge in [0.05, 0.1) is 19.5 Å². The summed E-state index contributed by atoms with van der Waals surface area (Å²) in [6.45, 7) is 6.44. The predicted octanol–water partition coefficient (Wildman–Crippen LogP) is 3.64. The van der Waals surface area contributed by atoms with Gasteiger partial charge in [0, 0.05) is 57.2 Å². The summed E-state index contributed by atoms with van der Waals surface area (Å²) in [7, 11) is 0. The number of anilines is 2. The summed E-state index contributed by atoms with van der Waals surface area (Å²) >= 11 is 0. The van der Waals surface area contributed by atoms with Gasteiger partial charge in [-0.25, -0.2) is 4.98 Å². The smallest absolute Gasteiger partial charge is 0.229 e. The number of hydrogen-bond acceptors (Lipinski definition) is 8. The second-order valence-corrected chi connectivity index (χ2v) is 10.1. The Labute approximate surface area is 206 Å². The van der Waals surface area contributed by atoms with Gasteiger partial charge >= 0.3 is 0 Å². The van der Waals surface area contributed by atoms with E-state index in [9.17, 15) is 0 Å². The second kappa shape index (κ2) is 10.5. The van der Waals surface area contributed by atoms with Crippen molar-refractivity contribution in [3.63, 3.8) is 0 Å². The Kier molecular flexibility index (Phi) is 6.77. The highest BCUT2D eigenvalue weighted by atomic mass is 16.5. The Morgan fingerprint density at radius 1 is 0.943 bits per heavy atom. The van der Waals surface area contributed by atoms with Crippen LogP contribution in [0.3, 0.4) is 0 Å². The van der Waals surface area contributed by atoms with E-state index in [1.54, 1.807) is 6.20 Å². The molecule has 0 amide bonds. The number of ether oxygens (including phenoxy) is 1. The average molecular weight is 477 g/mol. The maximum absolute atomic E-state index is 5.55. The summed E-state index contributed by atoms with van der Waals surface area (Å²) in [5.41, 5.74) is 2.95. The van der Waals surface area contributed by atoms with Gasteiger partial charge < -0.3 is 19.5 Å². The van der Waals surface area contributed by atoms with Crippen molar-refractivity contribution >= 4 is 22.9 Å². The Hall–Kier alpha value is -2.78. The molecule has 3 fully saturated rings.